The van der Waals surface area contributed by atoms with Crippen molar-refractivity contribution in [3.63, 3.8) is 0 Å². The summed E-state index contributed by atoms with van der Waals surface area (Å²) in [6.45, 7) is 4.81. The summed E-state index contributed by atoms with van der Waals surface area (Å²) in [5.41, 5.74) is 3.14. The van der Waals surface area contributed by atoms with Crippen LogP contribution in [0.5, 0.6) is 17.2 Å². The summed E-state index contributed by atoms with van der Waals surface area (Å²) in [4.78, 5) is 18.0. The number of hydrogen-bond donors (Lipinski definition) is 1. The number of fused-ring (bicyclic) bond motifs is 2. The zero-order chi connectivity index (χ0) is 22.8. The zero-order valence-corrected chi connectivity index (χ0v) is 18.9. The summed E-state index contributed by atoms with van der Waals surface area (Å²) in [6, 6.07) is 11.4. The fourth-order valence-electron chi connectivity index (χ4n) is 3.73. The van der Waals surface area contributed by atoms with Crippen LogP contribution in [0.15, 0.2) is 36.4 Å². The minimum atomic E-state index is -0.336. The fourth-order valence-corrected chi connectivity index (χ4v) is 3.73. The number of carbonyl (C=O) groups is 1. The molecule has 0 spiro atoms. The van der Waals surface area contributed by atoms with Crippen LogP contribution in [0.1, 0.15) is 29.3 Å². The van der Waals surface area contributed by atoms with Crippen molar-refractivity contribution in [1.82, 2.24) is 14.8 Å². The lowest BCUT2D eigenvalue weighted by Gasteiger charge is -2.13. The first-order chi connectivity index (χ1) is 15.5. The van der Waals surface area contributed by atoms with Crippen molar-refractivity contribution < 1.29 is 19.0 Å². The number of methoxy groups -OCH3 is 3. The molecule has 0 aliphatic heterocycles. The molecule has 8 nitrogen and oxygen atoms in total. The van der Waals surface area contributed by atoms with Crippen LogP contribution in [0.4, 0.5) is 5.82 Å². The second-order valence-electron chi connectivity index (χ2n) is 7.50. The third kappa shape index (κ3) is 3.79. The van der Waals surface area contributed by atoms with Crippen molar-refractivity contribution in [2.45, 2.75) is 26.8 Å². The summed E-state index contributed by atoms with van der Waals surface area (Å²) < 4.78 is 17.9. The summed E-state index contributed by atoms with van der Waals surface area (Å²) >= 11 is 0. The predicted octanol–water partition coefficient (Wildman–Crippen LogP) is 4.58. The SMILES string of the molecule is CCCn1nc(NC(=O)c2cc(OC)c(OC)c(OC)c2)c2cc3cc(C)ccc3nc21. The number of amides is 1. The highest BCUT2D eigenvalue weighted by atomic mass is 16.5. The Morgan fingerprint density at radius 3 is 2.38 bits per heavy atom. The topological polar surface area (TPSA) is 87.5 Å². The van der Waals surface area contributed by atoms with Gasteiger partial charge in [0.2, 0.25) is 5.75 Å². The molecule has 0 aliphatic rings. The molecule has 2 aromatic heterocycles. The first kappa shape index (κ1) is 21.4. The molecule has 0 fully saturated rings. The quantitative estimate of drug-likeness (QED) is 0.458. The maximum Gasteiger partial charge on any atom is 0.257 e. The van der Waals surface area contributed by atoms with Crippen molar-refractivity contribution in [2.24, 2.45) is 0 Å². The Bertz CT molecular complexity index is 1290. The second kappa shape index (κ2) is 8.74. The maximum atomic E-state index is 13.1. The predicted molar refractivity (Wildman–Crippen MR) is 124 cm³/mol. The van der Waals surface area contributed by atoms with Gasteiger partial charge in [0, 0.05) is 17.5 Å². The second-order valence-corrected chi connectivity index (χ2v) is 7.50. The van der Waals surface area contributed by atoms with Gasteiger partial charge in [-0.3, -0.25) is 4.79 Å². The van der Waals surface area contributed by atoms with Crippen LogP contribution in [-0.2, 0) is 6.54 Å². The van der Waals surface area contributed by atoms with E-state index in [-0.39, 0.29) is 5.91 Å². The summed E-state index contributed by atoms with van der Waals surface area (Å²) in [6.07, 6.45) is 0.894. The summed E-state index contributed by atoms with van der Waals surface area (Å²) in [5.74, 6) is 1.36. The Morgan fingerprint density at radius 1 is 1.03 bits per heavy atom. The van der Waals surface area contributed by atoms with E-state index >= 15 is 0 Å². The van der Waals surface area contributed by atoms with Crippen molar-refractivity contribution >= 4 is 33.7 Å². The van der Waals surface area contributed by atoms with Crippen molar-refractivity contribution in [2.75, 3.05) is 26.6 Å². The van der Waals surface area contributed by atoms with E-state index in [1.165, 1.54) is 21.3 Å². The number of ether oxygens (including phenoxy) is 3. The van der Waals surface area contributed by atoms with Gasteiger partial charge in [-0.25, -0.2) is 9.67 Å². The van der Waals surface area contributed by atoms with E-state index in [4.69, 9.17) is 19.2 Å². The van der Waals surface area contributed by atoms with Crippen LogP contribution in [0.2, 0.25) is 0 Å². The standard InChI is InChI=1S/C24H26N4O4/c1-6-9-28-23-17(11-15-10-14(2)7-8-18(15)25-23)22(27-28)26-24(29)16-12-19(30-3)21(32-5)20(13-16)31-4/h7-8,10-13H,6,9H2,1-5H3,(H,26,27,29). The van der Waals surface area contributed by atoms with E-state index in [0.29, 0.717) is 35.2 Å². The molecule has 32 heavy (non-hydrogen) atoms. The van der Waals surface area contributed by atoms with Crippen LogP contribution in [0, 0.1) is 6.92 Å². The fraction of sp³-hybridized carbons (Fsp3) is 0.292. The average Bonchev–Trinajstić information content (AvgIpc) is 3.12. The van der Waals surface area contributed by atoms with Crippen molar-refractivity contribution in [1.29, 1.82) is 0 Å². The maximum absolute atomic E-state index is 13.1. The van der Waals surface area contributed by atoms with Crippen LogP contribution >= 0.6 is 0 Å². The zero-order valence-electron chi connectivity index (χ0n) is 18.9. The minimum absolute atomic E-state index is 0.336. The van der Waals surface area contributed by atoms with Gasteiger partial charge < -0.3 is 19.5 Å². The molecule has 2 heterocycles. The molecule has 0 radical (unpaired) electrons. The van der Waals surface area contributed by atoms with E-state index < -0.39 is 0 Å². The van der Waals surface area contributed by atoms with Gasteiger partial charge >= 0.3 is 0 Å². The van der Waals surface area contributed by atoms with Gasteiger partial charge in [-0.05, 0) is 43.7 Å². The Balaban J connectivity index is 1.79. The van der Waals surface area contributed by atoms with Gasteiger partial charge in [0.1, 0.15) is 0 Å². The third-order valence-electron chi connectivity index (χ3n) is 5.26. The first-order valence-electron chi connectivity index (χ1n) is 10.4. The van der Waals surface area contributed by atoms with Crippen LogP contribution in [0.3, 0.4) is 0 Å². The number of nitrogens with one attached hydrogen (secondary N) is 1. The molecular weight excluding hydrogens is 408 g/mol. The Hall–Kier alpha value is -3.81. The van der Waals surface area contributed by atoms with E-state index in [0.717, 1.165) is 33.9 Å². The molecule has 8 heteroatoms. The van der Waals surface area contributed by atoms with E-state index in [9.17, 15) is 4.79 Å². The molecule has 166 valence electrons. The van der Waals surface area contributed by atoms with E-state index in [2.05, 4.69) is 23.4 Å². The highest BCUT2D eigenvalue weighted by Crippen LogP contribution is 2.38. The molecule has 4 aromatic rings. The Kier molecular flexibility index (Phi) is 5.85. The van der Waals surface area contributed by atoms with Gasteiger partial charge in [-0.15, -0.1) is 0 Å². The molecule has 0 atom stereocenters. The Morgan fingerprint density at radius 2 is 1.75 bits per heavy atom. The monoisotopic (exact) mass is 434 g/mol. The minimum Gasteiger partial charge on any atom is -0.493 e. The van der Waals surface area contributed by atoms with Gasteiger partial charge in [0.05, 0.1) is 32.2 Å². The normalized spacial score (nSPS) is 11.0. The lowest BCUT2D eigenvalue weighted by atomic mass is 10.1. The largest absolute Gasteiger partial charge is 0.493 e. The third-order valence-corrected chi connectivity index (χ3v) is 5.26. The van der Waals surface area contributed by atoms with Crippen molar-refractivity contribution in [3.8, 4) is 17.2 Å². The lowest BCUT2D eigenvalue weighted by molar-refractivity contribution is 0.102. The van der Waals surface area contributed by atoms with E-state index in [1.54, 1.807) is 12.1 Å². The highest BCUT2D eigenvalue weighted by Gasteiger charge is 2.20. The average molecular weight is 434 g/mol. The van der Waals surface area contributed by atoms with Gasteiger partial charge in [0.15, 0.2) is 23.0 Å². The Labute approximate surface area is 186 Å². The van der Waals surface area contributed by atoms with E-state index in [1.807, 2.05) is 29.8 Å². The molecule has 0 aliphatic carbocycles. The molecule has 1 N–H and O–H groups in total. The number of aromatic nitrogens is 3. The van der Waals surface area contributed by atoms with Crippen LogP contribution in [-0.4, -0.2) is 42.0 Å². The van der Waals surface area contributed by atoms with Crippen LogP contribution < -0.4 is 19.5 Å². The molecule has 0 unspecified atom stereocenters. The van der Waals surface area contributed by atoms with Gasteiger partial charge in [-0.2, -0.15) is 5.10 Å². The molecule has 0 saturated heterocycles. The smallest absolute Gasteiger partial charge is 0.257 e. The molecule has 4 rings (SSSR count). The number of anilines is 1. The van der Waals surface area contributed by atoms with Gasteiger partial charge in [0.25, 0.3) is 5.91 Å². The first-order valence-corrected chi connectivity index (χ1v) is 10.4. The highest BCUT2D eigenvalue weighted by molar-refractivity contribution is 6.09. The number of nitrogens with zero attached hydrogens (tertiary/aromatic N) is 3. The van der Waals surface area contributed by atoms with Gasteiger partial charge in [-0.1, -0.05) is 18.6 Å². The number of aryl methyl sites for hydroxylation is 2. The summed E-state index contributed by atoms with van der Waals surface area (Å²) in [5, 5.41) is 9.37. The van der Waals surface area contributed by atoms with Crippen LogP contribution in [0.25, 0.3) is 21.9 Å². The number of hydrogen-bond acceptors (Lipinski definition) is 6. The summed E-state index contributed by atoms with van der Waals surface area (Å²) in [7, 11) is 4.54. The number of pyridine rings is 1. The molecule has 0 saturated carbocycles. The lowest BCUT2D eigenvalue weighted by Crippen LogP contribution is -2.13. The number of carbonyl (C=O) groups excluding carboxylic acids is 1. The number of benzene rings is 2. The molecule has 2 aromatic carbocycles. The van der Waals surface area contributed by atoms with Crippen molar-refractivity contribution in [3.05, 3.63) is 47.5 Å². The molecule has 0 bridgehead atoms. The molecule has 1 amide bonds. The number of rotatable bonds is 7. The molecular formula is C24H26N4O4.